The van der Waals surface area contributed by atoms with Crippen molar-refractivity contribution in [3.05, 3.63) is 35.4 Å². The molecule has 0 radical (unpaired) electrons. The first kappa shape index (κ1) is 12.3. The Morgan fingerprint density at radius 1 is 1.56 bits per heavy atom. The average molecular weight is 220 g/mol. The predicted molar refractivity (Wildman–Crippen MR) is 63.4 cm³/mol. The molecular formula is C13H16O3. The van der Waals surface area contributed by atoms with Crippen LogP contribution in [0, 0.1) is 6.92 Å². The lowest BCUT2D eigenvalue weighted by Gasteiger charge is -2.16. The summed E-state index contributed by atoms with van der Waals surface area (Å²) in [4.78, 5) is 10.9. The van der Waals surface area contributed by atoms with Crippen LogP contribution in [0.1, 0.15) is 34.3 Å². The Kier molecular flexibility index (Phi) is 3.72. The van der Waals surface area contributed by atoms with Gasteiger partial charge in [-0.15, -0.1) is 6.58 Å². The number of aromatic hydroxyl groups is 1. The highest BCUT2D eigenvalue weighted by Gasteiger charge is 2.17. The number of allylic oxidation sites excluding steroid dienone is 1. The molecule has 0 aliphatic carbocycles. The lowest BCUT2D eigenvalue weighted by molar-refractivity contribution is 0.112. The molecule has 1 rings (SSSR count). The minimum absolute atomic E-state index is 0.0341. The van der Waals surface area contributed by atoms with Gasteiger partial charge in [0.15, 0.2) is 11.5 Å². The number of methoxy groups -OCH3 is 1. The van der Waals surface area contributed by atoms with Crippen molar-refractivity contribution in [2.24, 2.45) is 0 Å². The van der Waals surface area contributed by atoms with E-state index in [1.165, 1.54) is 7.11 Å². The molecule has 0 saturated heterocycles. The first-order chi connectivity index (χ1) is 7.56. The van der Waals surface area contributed by atoms with E-state index >= 15 is 0 Å². The molecule has 0 aliphatic rings. The Balaban J connectivity index is 3.51. The lowest BCUT2D eigenvalue weighted by atomic mass is 9.95. The Morgan fingerprint density at radius 2 is 2.19 bits per heavy atom. The number of rotatable bonds is 4. The van der Waals surface area contributed by atoms with E-state index in [1.807, 2.05) is 6.92 Å². The van der Waals surface area contributed by atoms with Gasteiger partial charge in [-0.25, -0.2) is 0 Å². The number of benzene rings is 1. The van der Waals surface area contributed by atoms with Gasteiger partial charge in [-0.2, -0.15) is 0 Å². The molecule has 1 atom stereocenters. The highest BCUT2D eigenvalue weighted by atomic mass is 16.5. The van der Waals surface area contributed by atoms with E-state index in [4.69, 9.17) is 4.74 Å². The summed E-state index contributed by atoms with van der Waals surface area (Å²) in [5.41, 5.74) is 1.83. The van der Waals surface area contributed by atoms with E-state index in [0.29, 0.717) is 22.4 Å². The second-order valence-corrected chi connectivity index (χ2v) is 3.70. The molecule has 0 aromatic heterocycles. The van der Waals surface area contributed by atoms with Crippen LogP contribution in [0.15, 0.2) is 18.7 Å². The fourth-order valence-corrected chi connectivity index (χ4v) is 1.63. The molecule has 3 heteroatoms. The fraction of sp³-hybridized carbons (Fsp3) is 0.308. The van der Waals surface area contributed by atoms with E-state index in [2.05, 4.69) is 6.58 Å². The lowest BCUT2D eigenvalue weighted by Crippen LogP contribution is -1.99. The number of carbonyl (C=O) groups excluding carboxylic acids is 1. The van der Waals surface area contributed by atoms with Crippen molar-refractivity contribution >= 4 is 6.29 Å². The topological polar surface area (TPSA) is 46.5 Å². The number of ether oxygens (including phenoxy) is 1. The van der Waals surface area contributed by atoms with Crippen LogP contribution in [-0.2, 0) is 0 Å². The highest BCUT2D eigenvalue weighted by molar-refractivity contribution is 5.80. The summed E-state index contributed by atoms with van der Waals surface area (Å²) >= 11 is 0. The van der Waals surface area contributed by atoms with Crippen molar-refractivity contribution in [1.29, 1.82) is 0 Å². The zero-order valence-corrected chi connectivity index (χ0v) is 9.78. The summed E-state index contributed by atoms with van der Waals surface area (Å²) in [6.07, 6.45) is 2.47. The normalized spacial score (nSPS) is 11.9. The molecule has 86 valence electrons. The SMILES string of the molecule is C=CC(C)c1cc(C=O)c(C)c(OC)c1O. The van der Waals surface area contributed by atoms with Gasteiger partial charge in [-0.05, 0) is 13.0 Å². The van der Waals surface area contributed by atoms with Crippen molar-refractivity contribution in [1.82, 2.24) is 0 Å². The van der Waals surface area contributed by atoms with Gasteiger partial charge in [0.05, 0.1) is 7.11 Å². The molecular weight excluding hydrogens is 204 g/mol. The van der Waals surface area contributed by atoms with Crippen molar-refractivity contribution in [3.8, 4) is 11.5 Å². The van der Waals surface area contributed by atoms with Crippen molar-refractivity contribution in [3.63, 3.8) is 0 Å². The van der Waals surface area contributed by atoms with Crippen LogP contribution in [0.5, 0.6) is 11.5 Å². The van der Waals surface area contributed by atoms with Crippen LogP contribution in [0.3, 0.4) is 0 Å². The molecule has 1 aromatic carbocycles. The third kappa shape index (κ3) is 1.94. The van der Waals surface area contributed by atoms with Crippen molar-refractivity contribution < 1.29 is 14.6 Å². The molecule has 0 amide bonds. The summed E-state index contributed by atoms with van der Waals surface area (Å²) in [6.45, 7) is 7.31. The van der Waals surface area contributed by atoms with Gasteiger partial charge in [-0.1, -0.05) is 13.0 Å². The Hall–Kier alpha value is -1.77. The maximum Gasteiger partial charge on any atom is 0.164 e. The number of hydrogen-bond donors (Lipinski definition) is 1. The smallest absolute Gasteiger partial charge is 0.164 e. The first-order valence-corrected chi connectivity index (χ1v) is 5.05. The molecule has 1 unspecified atom stereocenters. The molecule has 0 spiro atoms. The predicted octanol–water partition coefficient (Wildman–Crippen LogP) is 2.81. The molecule has 0 heterocycles. The molecule has 1 aromatic rings. The quantitative estimate of drug-likeness (QED) is 0.627. The monoisotopic (exact) mass is 220 g/mol. The van der Waals surface area contributed by atoms with Crippen LogP contribution < -0.4 is 4.74 Å². The summed E-state index contributed by atoms with van der Waals surface area (Å²) in [6, 6.07) is 1.67. The maximum absolute atomic E-state index is 10.9. The van der Waals surface area contributed by atoms with E-state index < -0.39 is 0 Å². The largest absolute Gasteiger partial charge is 0.504 e. The zero-order valence-electron chi connectivity index (χ0n) is 9.78. The molecule has 1 N–H and O–H groups in total. The Labute approximate surface area is 95.4 Å². The number of aldehydes is 1. The van der Waals surface area contributed by atoms with Gasteiger partial charge < -0.3 is 9.84 Å². The third-order valence-electron chi connectivity index (χ3n) is 2.75. The van der Waals surface area contributed by atoms with E-state index in [9.17, 15) is 9.90 Å². The number of phenolic OH excluding ortho intramolecular Hbond substituents is 1. The second-order valence-electron chi connectivity index (χ2n) is 3.70. The van der Waals surface area contributed by atoms with Gasteiger partial charge in [0, 0.05) is 22.6 Å². The summed E-state index contributed by atoms with van der Waals surface area (Å²) in [7, 11) is 1.47. The van der Waals surface area contributed by atoms with Gasteiger partial charge >= 0.3 is 0 Å². The van der Waals surface area contributed by atoms with Crippen LogP contribution in [0.25, 0.3) is 0 Å². The van der Waals surface area contributed by atoms with E-state index in [0.717, 1.165) is 6.29 Å². The Bertz CT molecular complexity index is 422. The summed E-state index contributed by atoms with van der Waals surface area (Å²) < 4.78 is 5.11. The first-order valence-electron chi connectivity index (χ1n) is 5.05. The van der Waals surface area contributed by atoms with Gasteiger partial charge in [0.1, 0.15) is 6.29 Å². The van der Waals surface area contributed by atoms with E-state index in [-0.39, 0.29) is 11.7 Å². The third-order valence-corrected chi connectivity index (χ3v) is 2.75. The number of hydrogen-bond acceptors (Lipinski definition) is 3. The fourth-order valence-electron chi connectivity index (χ4n) is 1.63. The molecule has 0 bridgehead atoms. The second kappa shape index (κ2) is 4.84. The van der Waals surface area contributed by atoms with Crippen LogP contribution in [0.2, 0.25) is 0 Å². The zero-order chi connectivity index (χ0) is 12.3. The van der Waals surface area contributed by atoms with Crippen LogP contribution in [-0.4, -0.2) is 18.5 Å². The number of carbonyl (C=O) groups is 1. The van der Waals surface area contributed by atoms with Gasteiger partial charge in [-0.3, -0.25) is 4.79 Å². The molecule has 16 heavy (non-hydrogen) atoms. The minimum Gasteiger partial charge on any atom is -0.504 e. The van der Waals surface area contributed by atoms with E-state index in [1.54, 1.807) is 19.1 Å². The minimum atomic E-state index is -0.0341. The van der Waals surface area contributed by atoms with Gasteiger partial charge in [0.25, 0.3) is 0 Å². The van der Waals surface area contributed by atoms with Crippen LogP contribution >= 0.6 is 0 Å². The Morgan fingerprint density at radius 3 is 2.62 bits per heavy atom. The standard InChI is InChI=1S/C13H16O3/c1-5-8(2)11-6-10(7-14)9(3)13(16-4)12(11)15/h5-8,15H,1H2,2-4H3. The molecule has 0 saturated carbocycles. The molecule has 0 aliphatic heterocycles. The number of phenols is 1. The van der Waals surface area contributed by atoms with Crippen LogP contribution in [0.4, 0.5) is 0 Å². The molecule has 3 nitrogen and oxygen atoms in total. The summed E-state index contributed by atoms with van der Waals surface area (Å²) in [5.74, 6) is 0.402. The maximum atomic E-state index is 10.9. The highest BCUT2D eigenvalue weighted by Crippen LogP contribution is 2.39. The van der Waals surface area contributed by atoms with Gasteiger partial charge in [0.2, 0.25) is 0 Å². The molecule has 0 fully saturated rings. The average Bonchev–Trinajstić information content (AvgIpc) is 2.29. The van der Waals surface area contributed by atoms with Crippen molar-refractivity contribution in [2.45, 2.75) is 19.8 Å². The summed E-state index contributed by atoms with van der Waals surface area (Å²) in [5, 5.41) is 10.0. The van der Waals surface area contributed by atoms with Crippen molar-refractivity contribution in [2.75, 3.05) is 7.11 Å².